The van der Waals surface area contributed by atoms with Gasteiger partial charge in [-0.3, -0.25) is 4.79 Å². The second-order valence-corrected chi connectivity index (χ2v) is 5.82. The molecule has 1 saturated carbocycles. The molecule has 6 nitrogen and oxygen atoms in total. The number of hydrogen-bond donors (Lipinski definition) is 1. The molecule has 0 aliphatic heterocycles. The summed E-state index contributed by atoms with van der Waals surface area (Å²) in [5.74, 6) is -1.05. The lowest BCUT2D eigenvalue weighted by atomic mass is 10.1. The van der Waals surface area contributed by atoms with Gasteiger partial charge in [0.25, 0.3) is 5.91 Å². The van der Waals surface area contributed by atoms with E-state index in [0.29, 0.717) is 5.92 Å². The quantitative estimate of drug-likeness (QED) is 0.886. The van der Waals surface area contributed by atoms with Gasteiger partial charge in [-0.05, 0) is 25.3 Å². The zero-order chi connectivity index (χ0) is 16.4. The lowest BCUT2D eigenvalue weighted by Crippen LogP contribution is -2.42. The van der Waals surface area contributed by atoms with Gasteiger partial charge in [-0.25, -0.2) is 4.79 Å². The highest BCUT2D eigenvalue weighted by Crippen LogP contribution is 2.39. The fourth-order valence-corrected chi connectivity index (χ4v) is 2.40. The van der Waals surface area contributed by atoms with Gasteiger partial charge in [-0.15, -0.1) is 0 Å². The first kappa shape index (κ1) is 15.3. The molecule has 2 aromatic rings. The Morgan fingerprint density at radius 2 is 2.04 bits per heavy atom. The molecule has 23 heavy (non-hydrogen) atoms. The highest BCUT2D eigenvalue weighted by atomic mass is 16.5. The molecule has 1 aromatic carbocycles. The van der Waals surface area contributed by atoms with Crippen LogP contribution in [0.3, 0.4) is 0 Å². The maximum atomic E-state index is 12.7. The molecule has 1 N–H and O–H groups in total. The number of carboxylic acid groups (broad SMARTS) is 1. The minimum absolute atomic E-state index is 0.0935. The fourth-order valence-electron chi connectivity index (χ4n) is 2.40. The fraction of sp³-hybridized carbons (Fsp3) is 0.353. The lowest BCUT2D eigenvalue weighted by molar-refractivity contribution is -0.141. The van der Waals surface area contributed by atoms with E-state index in [1.54, 1.807) is 6.07 Å². The van der Waals surface area contributed by atoms with Gasteiger partial charge in [0.2, 0.25) is 5.76 Å². The predicted octanol–water partition coefficient (Wildman–Crippen LogP) is 2.67. The number of aliphatic carboxylic acids is 1. The first-order valence-electron chi connectivity index (χ1n) is 7.60. The van der Waals surface area contributed by atoms with E-state index < -0.39 is 17.9 Å². The molecule has 1 atom stereocenters. The van der Waals surface area contributed by atoms with Crippen LogP contribution in [-0.4, -0.2) is 33.1 Å². The number of amides is 1. The zero-order valence-corrected chi connectivity index (χ0v) is 12.8. The van der Waals surface area contributed by atoms with Gasteiger partial charge in [0.1, 0.15) is 6.04 Å². The summed E-state index contributed by atoms with van der Waals surface area (Å²) in [6.07, 6.45) is 2.11. The van der Waals surface area contributed by atoms with E-state index in [1.165, 1.54) is 11.8 Å². The van der Waals surface area contributed by atoms with Crippen molar-refractivity contribution < 1.29 is 19.2 Å². The predicted molar refractivity (Wildman–Crippen MR) is 81.9 cm³/mol. The van der Waals surface area contributed by atoms with Gasteiger partial charge < -0.3 is 14.5 Å². The van der Waals surface area contributed by atoms with Gasteiger partial charge >= 0.3 is 5.97 Å². The maximum absolute atomic E-state index is 12.7. The number of hydrogen-bond acceptors (Lipinski definition) is 4. The Morgan fingerprint density at radius 1 is 1.35 bits per heavy atom. The molecule has 1 amide bonds. The van der Waals surface area contributed by atoms with Crippen molar-refractivity contribution in [2.75, 3.05) is 0 Å². The monoisotopic (exact) mass is 314 g/mol. The van der Waals surface area contributed by atoms with Crippen LogP contribution in [-0.2, 0) is 11.3 Å². The van der Waals surface area contributed by atoms with Crippen molar-refractivity contribution in [2.24, 2.45) is 0 Å². The standard InChI is InChI=1S/C17H18N2O4/c1-11(17(21)22)19(10-12-5-3-2-4-6-12)16(20)15-9-14(18-23-15)13-7-8-13/h2-6,9,11,13H,7-8,10H2,1H3,(H,21,22). The molecule has 0 saturated heterocycles. The molecule has 1 aromatic heterocycles. The third-order valence-corrected chi connectivity index (χ3v) is 4.02. The normalized spacial score (nSPS) is 15.2. The molecular formula is C17H18N2O4. The zero-order valence-electron chi connectivity index (χ0n) is 12.8. The van der Waals surface area contributed by atoms with Crippen molar-refractivity contribution in [1.82, 2.24) is 10.1 Å². The number of benzene rings is 1. The Morgan fingerprint density at radius 3 is 2.65 bits per heavy atom. The second-order valence-electron chi connectivity index (χ2n) is 5.82. The van der Waals surface area contributed by atoms with Gasteiger partial charge in [-0.1, -0.05) is 35.5 Å². The average Bonchev–Trinajstić information content (AvgIpc) is 3.29. The van der Waals surface area contributed by atoms with Crippen LogP contribution in [0.5, 0.6) is 0 Å². The Labute approximate surface area is 133 Å². The van der Waals surface area contributed by atoms with E-state index in [9.17, 15) is 14.7 Å². The molecule has 120 valence electrons. The Kier molecular flexibility index (Phi) is 4.14. The van der Waals surface area contributed by atoms with Crippen LogP contribution in [0.2, 0.25) is 0 Å². The summed E-state index contributed by atoms with van der Waals surface area (Å²) < 4.78 is 5.14. The molecule has 3 rings (SSSR count). The lowest BCUT2D eigenvalue weighted by Gasteiger charge is -2.25. The molecule has 1 unspecified atom stereocenters. The van der Waals surface area contributed by atoms with Crippen molar-refractivity contribution in [3.63, 3.8) is 0 Å². The number of carbonyl (C=O) groups is 2. The van der Waals surface area contributed by atoms with E-state index in [0.717, 1.165) is 24.1 Å². The molecule has 1 heterocycles. The maximum Gasteiger partial charge on any atom is 0.326 e. The van der Waals surface area contributed by atoms with Crippen LogP contribution < -0.4 is 0 Å². The summed E-state index contributed by atoms with van der Waals surface area (Å²) in [4.78, 5) is 25.3. The van der Waals surface area contributed by atoms with Crippen molar-refractivity contribution in [1.29, 1.82) is 0 Å². The molecule has 1 aliphatic carbocycles. The summed E-state index contributed by atoms with van der Waals surface area (Å²) >= 11 is 0. The molecule has 1 aliphatic rings. The SMILES string of the molecule is CC(C(=O)O)N(Cc1ccccc1)C(=O)c1cc(C2CC2)no1. The Balaban J connectivity index is 1.83. The molecule has 0 spiro atoms. The van der Waals surface area contributed by atoms with E-state index in [2.05, 4.69) is 5.16 Å². The van der Waals surface area contributed by atoms with Crippen LogP contribution in [0, 0.1) is 0 Å². The third kappa shape index (κ3) is 3.41. The minimum atomic E-state index is -1.06. The first-order chi connectivity index (χ1) is 11.1. The van der Waals surface area contributed by atoms with Crippen molar-refractivity contribution in [2.45, 2.75) is 38.3 Å². The van der Waals surface area contributed by atoms with Gasteiger partial charge in [-0.2, -0.15) is 0 Å². The summed E-state index contributed by atoms with van der Waals surface area (Å²) in [7, 11) is 0. The summed E-state index contributed by atoms with van der Waals surface area (Å²) in [5.41, 5.74) is 1.63. The number of nitrogens with zero attached hydrogens (tertiary/aromatic N) is 2. The first-order valence-corrected chi connectivity index (χ1v) is 7.60. The van der Waals surface area contributed by atoms with Gasteiger partial charge in [0.15, 0.2) is 0 Å². The smallest absolute Gasteiger partial charge is 0.326 e. The molecule has 1 fully saturated rings. The largest absolute Gasteiger partial charge is 0.480 e. The number of aromatic nitrogens is 1. The van der Waals surface area contributed by atoms with Crippen LogP contribution in [0.1, 0.15) is 47.5 Å². The topological polar surface area (TPSA) is 83.6 Å². The van der Waals surface area contributed by atoms with Crippen LogP contribution >= 0.6 is 0 Å². The average molecular weight is 314 g/mol. The highest BCUT2D eigenvalue weighted by molar-refractivity contribution is 5.94. The highest BCUT2D eigenvalue weighted by Gasteiger charge is 2.32. The molecule has 6 heteroatoms. The van der Waals surface area contributed by atoms with Crippen molar-refractivity contribution in [3.8, 4) is 0 Å². The van der Waals surface area contributed by atoms with E-state index in [-0.39, 0.29) is 12.3 Å². The minimum Gasteiger partial charge on any atom is -0.480 e. The van der Waals surface area contributed by atoms with E-state index in [4.69, 9.17) is 4.52 Å². The molecule has 0 radical (unpaired) electrons. The van der Waals surface area contributed by atoms with Crippen molar-refractivity contribution >= 4 is 11.9 Å². The Hall–Kier alpha value is -2.63. The molecule has 0 bridgehead atoms. The number of rotatable bonds is 6. The number of carbonyl (C=O) groups excluding carboxylic acids is 1. The van der Waals surface area contributed by atoms with Gasteiger partial charge in [0.05, 0.1) is 5.69 Å². The van der Waals surface area contributed by atoms with Crippen LogP contribution in [0.15, 0.2) is 40.9 Å². The molecular weight excluding hydrogens is 296 g/mol. The third-order valence-electron chi connectivity index (χ3n) is 4.02. The summed E-state index contributed by atoms with van der Waals surface area (Å²) in [5, 5.41) is 13.2. The van der Waals surface area contributed by atoms with Crippen LogP contribution in [0.25, 0.3) is 0 Å². The van der Waals surface area contributed by atoms with Crippen molar-refractivity contribution in [3.05, 3.63) is 53.4 Å². The summed E-state index contributed by atoms with van der Waals surface area (Å²) in [6, 6.07) is 9.94. The van der Waals surface area contributed by atoms with E-state index >= 15 is 0 Å². The van der Waals surface area contributed by atoms with E-state index in [1.807, 2.05) is 30.3 Å². The summed E-state index contributed by atoms with van der Waals surface area (Å²) in [6.45, 7) is 1.69. The number of carboxylic acids is 1. The van der Waals surface area contributed by atoms with Gasteiger partial charge in [0, 0.05) is 18.5 Å². The van der Waals surface area contributed by atoms with Crippen LogP contribution in [0.4, 0.5) is 0 Å². The Bertz CT molecular complexity index is 706. The second kappa shape index (κ2) is 6.24.